The lowest BCUT2D eigenvalue weighted by Gasteiger charge is -2.49. The Morgan fingerprint density at radius 2 is 1.83 bits per heavy atom. The van der Waals surface area contributed by atoms with Crippen molar-refractivity contribution in [2.75, 3.05) is 0 Å². The third-order valence-electron chi connectivity index (χ3n) is 5.71. The van der Waals surface area contributed by atoms with Gasteiger partial charge in [-0.05, 0) is 13.0 Å². The Hall–Kier alpha value is -2.88. The number of ketones is 3. The van der Waals surface area contributed by atoms with Gasteiger partial charge in [0.25, 0.3) is 0 Å². The molecule has 0 unspecified atom stereocenters. The van der Waals surface area contributed by atoms with Crippen LogP contribution in [0, 0.1) is 0 Å². The molecule has 150 valence electrons. The topological polar surface area (TPSA) is 136 Å². The number of carbonyl (C=O) groups is 4. The van der Waals surface area contributed by atoms with Crippen molar-refractivity contribution >= 4 is 23.3 Å². The minimum absolute atomic E-state index is 0.0582. The van der Waals surface area contributed by atoms with Gasteiger partial charge in [-0.3, -0.25) is 19.2 Å². The summed E-state index contributed by atoms with van der Waals surface area (Å²) >= 11 is 0. The molecule has 1 spiro atoms. The van der Waals surface area contributed by atoms with Crippen LogP contribution in [0.2, 0.25) is 0 Å². The minimum atomic E-state index is -2.26. The molecule has 1 aromatic rings. The van der Waals surface area contributed by atoms with Crippen LogP contribution in [0.4, 0.5) is 0 Å². The fraction of sp³-hybridized carbons (Fsp3) is 0.400. The molecule has 0 radical (unpaired) electrons. The number of aliphatic hydroxyl groups is 1. The maximum atomic E-state index is 13.4. The highest BCUT2D eigenvalue weighted by atomic mass is 16.7. The van der Waals surface area contributed by atoms with E-state index >= 15 is 0 Å². The number of esters is 1. The second-order valence-corrected chi connectivity index (χ2v) is 7.59. The van der Waals surface area contributed by atoms with Gasteiger partial charge >= 0.3 is 5.97 Å². The highest BCUT2D eigenvalue weighted by Crippen LogP contribution is 2.50. The maximum Gasteiger partial charge on any atom is 0.309 e. The first-order valence-electron chi connectivity index (χ1n) is 9.16. The molecule has 2 saturated heterocycles. The van der Waals surface area contributed by atoms with Crippen LogP contribution in [0.25, 0.3) is 0 Å². The molecule has 29 heavy (non-hydrogen) atoms. The van der Waals surface area contributed by atoms with Crippen LogP contribution >= 0.6 is 0 Å². The number of benzene rings is 1. The van der Waals surface area contributed by atoms with Crippen molar-refractivity contribution in [1.82, 2.24) is 0 Å². The van der Waals surface area contributed by atoms with Gasteiger partial charge in [0.15, 0.2) is 29.6 Å². The molecule has 0 amide bonds. The van der Waals surface area contributed by atoms with Crippen LogP contribution in [0.1, 0.15) is 40.5 Å². The second kappa shape index (κ2) is 5.82. The van der Waals surface area contributed by atoms with E-state index in [0.29, 0.717) is 0 Å². The standard InChI is InChI=1S/C20H16O9/c1-7-5-10(22)19(26)20(28-7)15-14(18-11(29-20)6-12(23)27-18)16(24)8-3-2-4-9(21)13(8)17(15)25/h2-4,7,11,18-19,21,26H,5-6H2,1H3/t7-,11-,18+,19+,20-/m1/s1. The summed E-state index contributed by atoms with van der Waals surface area (Å²) in [5, 5.41) is 21.0. The minimum Gasteiger partial charge on any atom is -0.507 e. The van der Waals surface area contributed by atoms with Gasteiger partial charge in [0, 0.05) is 12.0 Å². The Balaban J connectivity index is 1.81. The smallest absolute Gasteiger partial charge is 0.309 e. The van der Waals surface area contributed by atoms with Crippen molar-refractivity contribution in [3.8, 4) is 5.75 Å². The first kappa shape index (κ1) is 18.2. The molecular weight excluding hydrogens is 384 g/mol. The van der Waals surface area contributed by atoms with E-state index in [1.807, 2.05) is 0 Å². The third-order valence-corrected chi connectivity index (χ3v) is 5.71. The summed E-state index contributed by atoms with van der Waals surface area (Å²) in [6, 6.07) is 4.03. The van der Waals surface area contributed by atoms with Crippen molar-refractivity contribution in [3.05, 3.63) is 40.5 Å². The van der Waals surface area contributed by atoms with Crippen molar-refractivity contribution in [2.45, 2.75) is 50.0 Å². The SMILES string of the molecule is C[C@@H]1CC(=O)[C@H](O)[C@]2(O1)O[C@@H]1CC(=O)O[C@@H]1C1=C2C(=O)c2c(O)cccc2C1=O. The second-order valence-electron chi connectivity index (χ2n) is 7.59. The molecule has 3 heterocycles. The monoisotopic (exact) mass is 400 g/mol. The van der Waals surface area contributed by atoms with E-state index in [2.05, 4.69) is 0 Å². The number of ether oxygens (including phenoxy) is 3. The molecule has 2 fully saturated rings. The van der Waals surface area contributed by atoms with Gasteiger partial charge < -0.3 is 24.4 Å². The summed E-state index contributed by atoms with van der Waals surface area (Å²) in [6.45, 7) is 1.57. The predicted octanol–water partition coefficient (Wildman–Crippen LogP) is 0.217. The van der Waals surface area contributed by atoms with Crippen LogP contribution in [0.15, 0.2) is 29.3 Å². The number of hydrogen-bond acceptors (Lipinski definition) is 9. The Bertz CT molecular complexity index is 1040. The van der Waals surface area contributed by atoms with Gasteiger partial charge in [0.1, 0.15) is 11.9 Å². The Kier molecular flexibility index (Phi) is 3.64. The largest absolute Gasteiger partial charge is 0.507 e. The lowest BCUT2D eigenvalue weighted by molar-refractivity contribution is -0.305. The number of rotatable bonds is 0. The van der Waals surface area contributed by atoms with Crippen molar-refractivity contribution in [1.29, 1.82) is 0 Å². The molecule has 1 aliphatic carbocycles. The summed E-state index contributed by atoms with van der Waals surface area (Å²) in [7, 11) is 0. The summed E-state index contributed by atoms with van der Waals surface area (Å²) < 4.78 is 16.9. The summed E-state index contributed by atoms with van der Waals surface area (Å²) in [5.41, 5.74) is -0.920. The molecule has 0 bridgehead atoms. The van der Waals surface area contributed by atoms with E-state index in [-0.39, 0.29) is 29.5 Å². The first-order chi connectivity index (χ1) is 13.7. The normalized spacial score (nSPS) is 36.1. The van der Waals surface area contributed by atoms with Gasteiger partial charge in [-0.15, -0.1) is 0 Å². The zero-order chi connectivity index (χ0) is 20.7. The predicted molar refractivity (Wildman–Crippen MR) is 92.1 cm³/mol. The summed E-state index contributed by atoms with van der Waals surface area (Å²) in [4.78, 5) is 51.1. The van der Waals surface area contributed by atoms with Gasteiger partial charge in [0.05, 0.1) is 29.2 Å². The van der Waals surface area contributed by atoms with Crippen molar-refractivity contribution in [2.24, 2.45) is 0 Å². The number of aromatic hydroxyl groups is 1. The molecular formula is C20H16O9. The van der Waals surface area contributed by atoms with Crippen LogP contribution in [-0.2, 0) is 23.8 Å². The number of fused-ring (bicyclic) bond motifs is 4. The van der Waals surface area contributed by atoms with Gasteiger partial charge in [-0.1, -0.05) is 12.1 Å². The average molecular weight is 400 g/mol. The molecule has 0 saturated carbocycles. The van der Waals surface area contributed by atoms with Gasteiger partial charge in [0.2, 0.25) is 5.79 Å². The van der Waals surface area contributed by atoms with Crippen LogP contribution in [0.3, 0.4) is 0 Å². The van der Waals surface area contributed by atoms with E-state index in [1.54, 1.807) is 6.92 Å². The van der Waals surface area contributed by atoms with E-state index in [0.717, 1.165) is 0 Å². The van der Waals surface area contributed by atoms with E-state index in [1.165, 1.54) is 18.2 Å². The number of phenols is 1. The molecule has 4 aliphatic rings. The third kappa shape index (κ3) is 2.26. The lowest BCUT2D eigenvalue weighted by Crippen LogP contribution is -2.65. The number of Topliss-reactive ketones (excluding diaryl/α,β-unsaturated/α-hetero) is 3. The highest BCUT2D eigenvalue weighted by molar-refractivity contribution is 6.29. The molecule has 9 nitrogen and oxygen atoms in total. The van der Waals surface area contributed by atoms with Crippen molar-refractivity contribution in [3.63, 3.8) is 0 Å². The number of aliphatic hydroxyl groups excluding tert-OH is 1. The highest BCUT2D eigenvalue weighted by Gasteiger charge is 2.64. The molecule has 9 heteroatoms. The van der Waals surface area contributed by atoms with Crippen LogP contribution < -0.4 is 0 Å². The fourth-order valence-corrected chi connectivity index (χ4v) is 4.56. The molecule has 0 aromatic heterocycles. The molecule has 1 aromatic carbocycles. The Morgan fingerprint density at radius 1 is 1.07 bits per heavy atom. The number of hydrogen-bond donors (Lipinski definition) is 2. The zero-order valence-electron chi connectivity index (χ0n) is 15.2. The lowest BCUT2D eigenvalue weighted by atomic mass is 9.73. The first-order valence-corrected chi connectivity index (χ1v) is 9.16. The van der Waals surface area contributed by atoms with E-state index in [4.69, 9.17) is 14.2 Å². The maximum absolute atomic E-state index is 13.4. The number of carbonyl (C=O) groups excluding carboxylic acids is 4. The number of phenolic OH excluding ortho intramolecular Hbond substituents is 1. The Labute approximate surface area is 163 Å². The van der Waals surface area contributed by atoms with Crippen LogP contribution in [-0.4, -0.2) is 63.7 Å². The van der Waals surface area contributed by atoms with E-state index < -0.39 is 64.8 Å². The van der Waals surface area contributed by atoms with Gasteiger partial charge in [-0.25, -0.2) is 0 Å². The molecule has 2 N–H and O–H groups in total. The van der Waals surface area contributed by atoms with E-state index in [9.17, 15) is 29.4 Å². The average Bonchev–Trinajstić information content (AvgIpc) is 3.02. The van der Waals surface area contributed by atoms with Gasteiger partial charge in [-0.2, -0.15) is 0 Å². The molecule has 5 atom stereocenters. The summed E-state index contributed by atoms with van der Waals surface area (Å²) in [6.07, 6.45) is -5.12. The zero-order valence-corrected chi connectivity index (χ0v) is 15.2. The molecule has 3 aliphatic heterocycles. The van der Waals surface area contributed by atoms with Crippen LogP contribution in [0.5, 0.6) is 5.75 Å². The fourth-order valence-electron chi connectivity index (χ4n) is 4.56. The summed E-state index contributed by atoms with van der Waals surface area (Å²) in [5.74, 6) is -5.43. The van der Waals surface area contributed by atoms with Crippen molar-refractivity contribution < 1.29 is 43.6 Å². The Morgan fingerprint density at radius 3 is 2.59 bits per heavy atom. The molecule has 5 rings (SSSR count). The quantitative estimate of drug-likeness (QED) is 0.586.